The summed E-state index contributed by atoms with van der Waals surface area (Å²) >= 11 is 6.21. The lowest BCUT2D eigenvalue weighted by atomic mass is 10.1. The Kier molecular flexibility index (Phi) is 6.12. The number of nitrogens with zero attached hydrogens (tertiary/aromatic N) is 2. The Morgan fingerprint density at radius 3 is 2.47 bits per heavy atom. The number of benzene rings is 1. The number of anilines is 1. The van der Waals surface area contributed by atoms with Crippen LogP contribution >= 0.6 is 11.6 Å². The van der Waals surface area contributed by atoms with E-state index in [4.69, 9.17) is 17.3 Å². The number of nitrogens with two attached hydrogens (primary N) is 1. The predicted octanol–water partition coefficient (Wildman–Crippen LogP) is 2.10. The van der Waals surface area contributed by atoms with Crippen LogP contribution in [0.4, 0.5) is 5.69 Å². The van der Waals surface area contributed by atoms with Crippen LogP contribution in [0.25, 0.3) is 0 Å². The normalized spacial score (nSPS) is 10.4. The van der Waals surface area contributed by atoms with Crippen LogP contribution in [0.1, 0.15) is 19.4 Å². The molecular weight excluding hydrogens is 262 g/mol. The third-order valence-electron chi connectivity index (χ3n) is 3.16. The molecule has 0 saturated carbocycles. The number of hydrogen-bond acceptors (Lipinski definition) is 3. The van der Waals surface area contributed by atoms with Gasteiger partial charge in [0.05, 0.1) is 17.3 Å². The van der Waals surface area contributed by atoms with E-state index in [1.54, 1.807) is 4.90 Å². The van der Waals surface area contributed by atoms with Crippen molar-refractivity contribution in [3.63, 3.8) is 0 Å². The Morgan fingerprint density at radius 1 is 1.32 bits per heavy atom. The smallest absolute Gasteiger partial charge is 0.242 e. The summed E-state index contributed by atoms with van der Waals surface area (Å²) in [6.45, 7) is 6.09. The molecule has 19 heavy (non-hydrogen) atoms. The highest BCUT2D eigenvalue weighted by atomic mass is 35.5. The van der Waals surface area contributed by atoms with Crippen LogP contribution in [-0.4, -0.2) is 37.5 Å². The monoisotopic (exact) mass is 283 g/mol. The molecule has 0 heterocycles. The first kappa shape index (κ1) is 15.8. The zero-order valence-electron chi connectivity index (χ0n) is 11.8. The fourth-order valence-corrected chi connectivity index (χ4v) is 2.45. The van der Waals surface area contributed by atoms with Crippen molar-refractivity contribution in [2.75, 3.05) is 31.6 Å². The summed E-state index contributed by atoms with van der Waals surface area (Å²) in [6.07, 6.45) is 0. The molecule has 1 aromatic carbocycles. The fraction of sp³-hybridized carbons (Fsp3) is 0.500. The zero-order valence-corrected chi connectivity index (χ0v) is 12.6. The molecular formula is C14H22ClN3O. The van der Waals surface area contributed by atoms with Gasteiger partial charge in [-0.2, -0.15) is 0 Å². The summed E-state index contributed by atoms with van der Waals surface area (Å²) < 4.78 is 0. The van der Waals surface area contributed by atoms with Gasteiger partial charge in [-0.15, -0.1) is 0 Å². The zero-order chi connectivity index (χ0) is 14.4. The lowest BCUT2D eigenvalue weighted by Gasteiger charge is -2.26. The number of likely N-dealkylation sites (N-methyl/N-ethyl adjacent to an activating group) is 2. The van der Waals surface area contributed by atoms with E-state index in [1.165, 1.54) is 0 Å². The molecule has 0 unspecified atom stereocenters. The first-order chi connectivity index (χ1) is 9.04. The minimum Gasteiger partial charge on any atom is -0.364 e. The number of carbonyl (C=O) groups excluding carboxylic acids is 1. The van der Waals surface area contributed by atoms with Gasteiger partial charge in [-0.3, -0.25) is 4.79 Å². The molecule has 0 aliphatic carbocycles. The van der Waals surface area contributed by atoms with Crippen LogP contribution < -0.4 is 10.6 Å². The van der Waals surface area contributed by atoms with Crippen molar-refractivity contribution < 1.29 is 4.79 Å². The van der Waals surface area contributed by atoms with Gasteiger partial charge in [-0.25, -0.2) is 0 Å². The first-order valence-electron chi connectivity index (χ1n) is 6.51. The first-order valence-corrected chi connectivity index (χ1v) is 6.89. The molecule has 0 atom stereocenters. The molecule has 1 amide bonds. The van der Waals surface area contributed by atoms with E-state index >= 15 is 0 Å². The molecule has 1 rings (SSSR count). The van der Waals surface area contributed by atoms with Crippen LogP contribution in [0.2, 0.25) is 5.02 Å². The fourth-order valence-electron chi connectivity index (χ4n) is 2.11. The van der Waals surface area contributed by atoms with Crippen LogP contribution in [-0.2, 0) is 11.3 Å². The van der Waals surface area contributed by atoms with Crippen molar-refractivity contribution in [2.24, 2.45) is 5.73 Å². The molecule has 1 aromatic rings. The Labute approximate surface area is 120 Å². The van der Waals surface area contributed by atoms with Gasteiger partial charge in [-0.05, 0) is 25.5 Å². The number of halogens is 1. The van der Waals surface area contributed by atoms with Crippen LogP contribution in [0.15, 0.2) is 18.2 Å². The highest BCUT2D eigenvalue weighted by Gasteiger charge is 2.16. The maximum absolute atomic E-state index is 12.1. The summed E-state index contributed by atoms with van der Waals surface area (Å²) in [7, 11) is 1.86. The summed E-state index contributed by atoms with van der Waals surface area (Å²) in [6, 6.07) is 5.61. The van der Waals surface area contributed by atoms with Crippen molar-refractivity contribution in [1.29, 1.82) is 0 Å². The summed E-state index contributed by atoms with van der Waals surface area (Å²) in [4.78, 5) is 15.8. The molecule has 0 spiro atoms. The molecule has 0 aliphatic rings. The second kappa shape index (κ2) is 7.36. The number of hydrogen-bond donors (Lipinski definition) is 1. The number of para-hydroxylation sites is 1. The average molecular weight is 284 g/mol. The summed E-state index contributed by atoms with van der Waals surface area (Å²) in [5.74, 6) is 0.0930. The maximum Gasteiger partial charge on any atom is 0.242 e. The predicted molar refractivity (Wildman–Crippen MR) is 80.5 cm³/mol. The van der Waals surface area contributed by atoms with Crippen LogP contribution in [0.3, 0.4) is 0 Å². The molecule has 0 fully saturated rings. The van der Waals surface area contributed by atoms with E-state index in [0.29, 0.717) is 18.1 Å². The van der Waals surface area contributed by atoms with E-state index < -0.39 is 0 Å². The van der Waals surface area contributed by atoms with Gasteiger partial charge in [0, 0.05) is 26.7 Å². The van der Waals surface area contributed by atoms with Crippen molar-refractivity contribution in [2.45, 2.75) is 20.4 Å². The average Bonchev–Trinajstić information content (AvgIpc) is 2.39. The van der Waals surface area contributed by atoms with E-state index in [1.807, 2.05) is 44.0 Å². The molecule has 0 radical (unpaired) electrons. The van der Waals surface area contributed by atoms with Gasteiger partial charge in [0.25, 0.3) is 0 Å². The van der Waals surface area contributed by atoms with Gasteiger partial charge in [0.2, 0.25) is 5.91 Å². The molecule has 0 aliphatic heterocycles. The second-order valence-corrected chi connectivity index (χ2v) is 4.78. The molecule has 0 aromatic heterocycles. The van der Waals surface area contributed by atoms with Crippen molar-refractivity contribution in [3.8, 4) is 0 Å². The number of carbonyl (C=O) groups is 1. The van der Waals surface area contributed by atoms with E-state index in [-0.39, 0.29) is 5.91 Å². The Bertz CT molecular complexity index is 433. The summed E-state index contributed by atoms with van der Waals surface area (Å²) in [5, 5.41) is 0.623. The van der Waals surface area contributed by atoms with Gasteiger partial charge in [-0.1, -0.05) is 23.7 Å². The van der Waals surface area contributed by atoms with Crippen LogP contribution in [0, 0.1) is 0 Å². The highest BCUT2D eigenvalue weighted by molar-refractivity contribution is 6.33. The molecule has 106 valence electrons. The minimum absolute atomic E-state index is 0.0930. The summed E-state index contributed by atoms with van der Waals surface area (Å²) in [5.41, 5.74) is 7.51. The van der Waals surface area contributed by atoms with Crippen LogP contribution in [0.5, 0.6) is 0 Å². The van der Waals surface area contributed by atoms with Crippen molar-refractivity contribution in [3.05, 3.63) is 28.8 Å². The maximum atomic E-state index is 12.1. The lowest BCUT2D eigenvalue weighted by Crippen LogP contribution is -2.39. The van der Waals surface area contributed by atoms with Gasteiger partial charge in [0.15, 0.2) is 0 Å². The van der Waals surface area contributed by atoms with E-state index in [9.17, 15) is 4.79 Å². The Hall–Kier alpha value is -1.26. The van der Waals surface area contributed by atoms with Gasteiger partial charge in [0.1, 0.15) is 0 Å². The Morgan fingerprint density at radius 2 is 1.95 bits per heavy atom. The topological polar surface area (TPSA) is 49.6 Å². The highest BCUT2D eigenvalue weighted by Crippen LogP contribution is 2.28. The largest absolute Gasteiger partial charge is 0.364 e. The number of amides is 1. The van der Waals surface area contributed by atoms with Gasteiger partial charge < -0.3 is 15.5 Å². The Balaban J connectivity index is 2.89. The van der Waals surface area contributed by atoms with Crippen molar-refractivity contribution in [1.82, 2.24) is 4.90 Å². The second-order valence-electron chi connectivity index (χ2n) is 4.37. The third kappa shape index (κ3) is 3.85. The SMILES string of the molecule is CCN(CC)C(=O)CN(C)c1c(Cl)cccc1CN. The van der Waals surface area contributed by atoms with E-state index in [0.717, 1.165) is 24.3 Å². The molecule has 0 bridgehead atoms. The molecule has 0 saturated heterocycles. The molecule has 5 heteroatoms. The van der Waals surface area contributed by atoms with Gasteiger partial charge >= 0.3 is 0 Å². The quantitative estimate of drug-likeness (QED) is 0.870. The lowest BCUT2D eigenvalue weighted by molar-refractivity contribution is -0.129. The minimum atomic E-state index is 0.0930. The standard InChI is InChI=1S/C14H22ClN3O/c1-4-18(5-2)13(19)10-17(3)14-11(9-16)7-6-8-12(14)15/h6-8H,4-5,9-10,16H2,1-3H3. The molecule has 2 N–H and O–H groups in total. The number of rotatable bonds is 6. The van der Waals surface area contributed by atoms with E-state index in [2.05, 4.69) is 0 Å². The van der Waals surface area contributed by atoms with Crippen molar-refractivity contribution >= 4 is 23.2 Å². The third-order valence-corrected chi connectivity index (χ3v) is 3.47. The molecule has 4 nitrogen and oxygen atoms in total.